The number of aliphatic hydroxyl groups excluding tert-OH is 2. The summed E-state index contributed by atoms with van der Waals surface area (Å²) in [5.41, 5.74) is 10.0. The lowest BCUT2D eigenvalue weighted by molar-refractivity contribution is 0.198. The molecule has 0 heterocycles. The number of azo groups is 2. The quantitative estimate of drug-likeness (QED) is 0.0389. The molecule has 11 N–H and O–H groups in total. The number of benzene rings is 5. The average Bonchev–Trinajstić information content (AvgIpc) is 3.12. The highest BCUT2D eigenvalue weighted by Gasteiger charge is 2.24. The fraction of sp³-hybridized carbons (Fsp3) is 0.125. The maximum atomic E-state index is 12.5. The second-order valence-corrected chi connectivity index (χ2v) is 15.5. The lowest BCUT2D eigenvalue weighted by atomic mass is 10.1. The van der Waals surface area contributed by atoms with Gasteiger partial charge in [-0.2, -0.15) is 25.3 Å². The highest BCUT2D eigenvalue weighted by Crippen LogP contribution is 2.45. The predicted octanol–water partition coefficient (Wildman–Crippen LogP) is 4.77. The Morgan fingerprint density at radius 2 is 1.12 bits per heavy atom. The summed E-state index contributed by atoms with van der Waals surface area (Å²) in [7, 11) is -14.5. The molecule has 0 saturated heterocycles. The van der Waals surface area contributed by atoms with Gasteiger partial charge in [-0.25, -0.2) is 0 Å². The van der Waals surface area contributed by atoms with Crippen LogP contribution in [0, 0.1) is 0 Å². The number of nitrogens with zero attached hydrogens (tertiary/aromatic N) is 4. The van der Waals surface area contributed by atoms with Gasteiger partial charge in [0.15, 0.2) is 5.75 Å². The van der Waals surface area contributed by atoms with E-state index in [2.05, 4.69) is 25.8 Å². The molecule has 5 aromatic carbocycles. The van der Waals surface area contributed by atoms with Gasteiger partial charge < -0.3 is 41.6 Å². The molecule has 0 fully saturated rings. The second kappa shape index (κ2) is 16.4. The van der Waals surface area contributed by atoms with E-state index in [1.807, 2.05) is 0 Å². The van der Waals surface area contributed by atoms with Crippen LogP contribution in [0.4, 0.5) is 45.5 Å². The summed E-state index contributed by atoms with van der Waals surface area (Å²) >= 11 is 0. The van der Waals surface area contributed by atoms with Crippen molar-refractivity contribution in [1.82, 2.24) is 0 Å². The Balaban J connectivity index is 1.62. The van der Waals surface area contributed by atoms with Gasteiger partial charge in [0, 0.05) is 34.6 Å². The van der Waals surface area contributed by atoms with Crippen molar-refractivity contribution < 1.29 is 63.7 Å². The first kappa shape index (κ1) is 41.2. The van der Waals surface area contributed by atoms with Crippen LogP contribution in [0.15, 0.2) is 108 Å². The van der Waals surface area contributed by atoms with Crippen molar-refractivity contribution in [2.75, 3.05) is 43.2 Å². The zero-order valence-electron chi connectivity index (χ0n) is 28.4. The zero-order chi connectivity index (χ0) is 41.0. The maximum absolute atomic E-state index is 12.5. The van der Waals surface area contributed by atoms with Crippen LogP contribution in [-0.2, 0) is 30.4 Å². The first-order chi connectivity index (χ1) is 26.3. The molecule has 5 aromatic rings. The first-order valence-corrected chi connectivity index (χ1v) is 19.9. The van der Waals surface area contributed by atoms with Gasteiger partial charge in [-0.05, 0) is 60.0 Å². The summed E-state index contributed by atoms with van der Waals surface area (Å²) in [4.78, 5) is -2.09. The van der Waals surface area contributed by atoms with Gasteiger partial charge in [0.1, 0.15) is 62.1 Å². The molecule has 0 unspecified atom stereocenters. The number of aromatic hydroxyl groups is 1. The number of nitrogens with one attached hydrogen (secondary N) is 1. The Kier molecular flexibility index (Phi) is 12.1. The summed E-state index contributed by atoms with van der Waals surface area (Å²) in [5.74, 6) is -1.13. The van der Waals surface area contributed by atoms with Crippen LogP contribution >= 0.6 is 0 Å². The fourth-order valence-corrected chi connectivity index (χ4v) is 6.94. The largest absolute Gasteiger partial charge is 0.505 e. The van der Waals surface area contributed by atoms with E-state index in [0.717, 1.165) is 30.3 Å². The number of hydrogen-bond donors (Lipinski definition) is 9. The molecule has 0 aliphatic rings. The van der Waals surface area contributed by atoms with E-state index in [-0.39, 0.29) is 75.3 Å². The SMILES string of the molecule is Nc1ccc(N=Nc2cc(OCCO)c(N=Nc3c(S(=O)(=O)O)cc4ccc(Nc5ccc(N)c(S(=O)(=O)O)c5)cc4c3O)cc2OCCO)c(S(=O)(=O)O)c1. The Labute approximate surface area is 317 Å². The number of nitrogen functional groups attached to an aromatic ring is 2. The molecule has 56 heavy (non-hydrogen) atoms. The number of phenols is 1. The summed E-state index contributed by atoms with van der Waals surface area (Å²) < 4.78 is 113. The number of hydrogen-bond acceptors (Lipinski definition) is 18. The van der Waals surface area contributed by atoms with Crippen molar-refractivity contribution in [3.63, 3.8) is 0 Å². The number of nitrogens with two attached hydrogens (primary N) is 2. The molecular formula is C32H31N7O14S3. The maximum Gasteiger partial charge on any atom is 0.296 e. The van der Waals surface area contributed by atoms with E-state index in [1.54, 1.807) is 0 Å². The Morgan fingerprint density at radius 3 is 1.70 bits per heavy atom. The summed E-state index contributed by atoms with van der Waals surface area (Å²) in [6.07, 6.45) is 0. The van der Waals surface area contributed by atoms with E-state index >= 15 is 0 Å². The molecular weight excluding hydrogens is 803 g/mol. The molecule has 0 aliphatic carbocycles. The summed E-state index contributed by atoms with van der Waals surface area (Å²) in [6, 6.07) is 14.6. The van der Waals surface area contributed by atoms with E-state index in [1.165, 1.54) is 42.5 Å². The number of ether oxygens (including phenoxy) is 2. The highest BCUT2D eigenvalue weighted by atomic mass is 32.2. The molecule has 0 atom stereocenters. The van der Waals surface area contributed by atoms with Crippen LogP contribution in [-0.4, -0.2) is 80.7 Å². The Morgan fingerprint density at radius 1 is 0.589 bits per heavy atom. The molecule has 0 amide bonds. The molecule has 0 bridgehead atoms. The minimum atomic E-state index is -5.07. The topological polar surface area (TPSA) is 356 Å². The molecule has 21 nitrogen and oxygen atoms in total. The third-order valence-electron chi connectivity index (χ3n) is 7.43. The Hall–Kier alpha value is -5.99. The standard InChI is InChI=1S/C32H31N7O14S3/c33-18-2-6-23(29(12-18)55(46,47)48)36-37-24-15-27(53-10-8-41)25(16-26(24)52-9-7-40)38-39-31-30(56(49,50)51)11-17-1-3-19(13-21(17)32(31)42)35-20-4-5-22(34)28(14-20)54(43,44)45/h1-6,11-16,35,40-42H,7-10,33-34H2,(H,43,44,45)(H,46,47,48)(H,49,50,51). The lowest BCUT2D eigenvalue weighted by Crippen LogP contribution is -2.04. The van der Waals surface area contributed by atoms with Crippen molar-refractivity contribution >= 4 is 86.6 Å². The van der Waals surface area contributed by atoms with Crippen LogP contribution in [0.3, 0.4) is 0 Å². The van der Waals surface area contributed by atoms with Gasteiger partial charge in [0.2, 0.25) is 0 Å². The molecule has 0 aliphatic heterocycles. The van der Waals surface area contributed by atoms with E-state index < -0.39 is 69.7 Å². The van der Waals surface area contributed by atoms with Gasteiger partial charge in [0.05, 0.1) is 18.9 Å². The average molecular weight is 834 g/mol. The number of aliphatic hydroxyl groups is 2. The zero-order valence-corrected chi connectivity index (χ0v) is 30.8. The van der Waals surface area contributed by atoms with Gasteiger partial charge in [-0.1, -0.05) is 6.07 Å². The molecule has 24 heteroatoms. The minimum Gasteiger partial charge on any atom is -0.505 e. The monoisotopic (exact) mass is 833 g/mol. The smallest absolute Gasteiger partial charge is 0.296 e. The third-order valence-corrected chi connectivity index (χ3v) is 10.1. The van der Waals surface area contributed by atoms with Gasteiger partial charge in [-0.3, -0.25) is 13.7 Å². The lowest BCUT2D eigenvalue weighted by Gasteiger charge is -2.14. The van der Waals surface area contributed by atoms with E-state index in [9.17, 15) is 54.2 Å². The second-order valence-electron chi connectivity index (χ2n) is 11.4. The summed E-state index contributed by atoms with van der Waals surface area (Å²) in [6.45, 7) is -1.62. The van der Waals surface area contributed by atoms with Gasteiger partial charge in [0.25, 0.3) is 30.4 Å². The van der Waals surface area contributed by atoms with E-state index in [0.29, 0.717) is 0 Å². The van der Waals surface area contributed by atoms with Gasteiger partial charge in [-0.15, -0.1) is 20.5 Å². The fourth-order valence-electron chi connectivity index (χ4n) is 4.98. The molecule has 0 spiro atoms. The van der Waals surface area contributed by atoms with Crippen molar-refractivity contribution in [2.45, 2.75) is 14.7 Å². The molecule has 296 valence electrons. The van der Waals surface area contributed by atoms with Crippen molar-refractivity contribution in [1.29, 1.82) is 0 Å². The highest BCUT2D eigenvalue weighted by molar-refractivity contribution is 7.86. The third kappa shape index (κ3) is 9.62. The normalized spacial score (nSPS) is 12.4. The van der Waals surface area contributed by atoms with Crippen LogP contribution < -0.4 is 26.3 Å². The molecule has 0 aromatic heterocycles. The molecule has 5 rings (SSSR count). The summed E-state index contributed by atoms with van der Waals surface area (Å²) in [5, 5.41) is 49.0. The minimum absolute atomic E-state index is 0.000286. The first-order valence-electron chi connectivity index (χ1n) is 15.6. The van der Waals surface area contributed by atoms with E-state index in [4.69, 9.17) is 20.9 Å². The number of phenolic OH excluding ortho intramolecular Hbond substituents is 1. The van der Waals surface area contributed by atoms with Crippen LogP contribution in [0.1, 0.15) is 0 Å². The van der Waals surface area contributed by atoms with Crippen LogP contribution in [0.5, 0.6) is 17.2 Å². The Bertz CT molecular complexity index is 2730. The van der Waals surface area contributed by atoms with Crippen LogP contribution in [0.25, 0.3) is 10.8 Å². The number of rotatable bonds is 15. The molecule has 0 saturated carbocycles. The van der Waals surface area contributed by atoms with Crippen molar-refractivity contribution in [3.05, 3.63) is 72.8 Å². The number of fused-ring (bicyclic) bond motifs is 1. The van der Waals surface area contributed by atoms with Crippen molar-refractivity contribution in [2.24, 2.45) is 20.5 Å². The van der Waals surface area contributed by atoms with Gasteiger partial charge >= 0.3 is 0 Å². The predicted molar refractivity (Wildman–Crippen MR) is 200 cm³/mol. The molecule has 0 radical (unpaired) electrons. The van der Waals surface area contributed by atoms with Crippen molar-refractivity contribution in [3.8, 4) is 17.2 Å². The number of anilines is 4. The van der Waals surface area contributed by atoms with Crippen LogP contribution in [0.2, 0.25) is 0 Å².